The molecule has 0 amide bonds. The molecular formula is C50H59O13P3. The van der Waals surface area contributed by atoms with Gasteiger partial charge in [-0.2, -0.15) is 0 Å². The summed E-state index contributed by atoms with van der Waals surface area (Å²) in [5.74, 6) is -4.78. The van der Waals surface area contributed by atoms with Gasteiger partial charge in [0.05, 0.1) is 0 Å². The van der Waals surface area contributed by atoms with E-state index in [0.29, 0.717) is 33.4 Å². The molecular weight excluding hydrogens is 901 g/mol. The van der Waals surface area contributed by atoms with Crippen molar-refractivity contribution in [2.75, 3.05) is 6.61 Å². The Morgan fingerprint density at radius 2 is 0.742 bits per heavy atom. The summed E-state index contributed by atoms with van der Waals surface area (Å²) in [4.78, 5) is 92.7. The molecule has 0 radical (unpaired) electrons. The molecule has 66 heavy (non-hydrogen) atoms. The number of carbonyl (C=O) groups is 1. The normalized spacial score (nSPS) is 22.4. The average molecular weight is 962 g/mol. The van der Waals surface area contributed by atoms with Gasteiger partial charge < -0.3 is 0 Å². The molecule has 5 atom stereocenters. The number of aliphatic hydroxyl groups is 2. The van der Waals surface area contributed by atoms with Crippen molar-refractivity contribution in [2.45, 2.75) is 74.1 Å². The fourth-order valence-corrected chi connectivity index (χ4v) is 17.5. The second-order valence-corrected chi connectivity index (χ2v) is 27.7. The Labute approximate surface area is 386 Å². The minimum atomic E-state index is -5.96. The van der Waals surface area contributed by atoms with Crippen molar-refractivity contribution in [3.05, 3.63) is 215 Å². The van der Waals surface area contributed by atoms with Gasteiger partial charge in [0.1, 0.15) is 0 Å². The zero-order chi connectivity index (χ0) is 47.9. The molecule has 0 spiro atoms. The molecule has 352 valence electrons. The van der Waals surface area contributed by atoms with E-state index in [1.807, 2.05) is 0 Å². The Morgan fingerprint density at radius 3 is 1.00 bits per heavy atom. The van der Waals surface area contributed by atoms with Gasteiger partial charge in [-0.1, -0.05) is 0 Å². The average Bonchev–Trinajstić information content (AvgIpc) is 3.29. The van der Waals surface area contributed by atoms with E-state index in [0.717, 1.165) is 0 Å². The van der Waals surface area contributed by atoms with E-state index in [4.69, 9.17) is 19.7 Å². The Hall–Kier alpha value is -4.20. The van der Waals surface area contributed by atoms with Crippen molar-refractivity contribution in [3.8, 4) is 0 Å². The molecule has 1 aliphatic rings. The van der Waals surface area contributed by atoms with Crippen LogP contribution < -0.4 is 0 Å². The Kier molecular flexibility index (Phi) is 14.2. The number of ketones is 1. The van der Waals surface area contributed by atoms with Crippen LogP contribution in [0.4, 0.5) is 0 Å². The van der Waals surface area contributed by atoms with E-state index in [9.17, 15) is 44.4 Å². The number of Topliss-reactive ketones (excluding diaryl/α,β-unsaturated/α-hetero) is 1. The van der Waals surface area contributed by atoms with Gasteiger partial charge in [-0.15, -0.1) is 0 Å². The van der Waals surface area contributed by atoms with Crippen LogP contribution in [-0.4, -0.2) is 82.2 Å². The number of carbonyl (C=O) groups excluding carboxylic acids is 1. The summed E-state index contributed by atoms with van der Waals surface area (Å²) in [6.45, 7) is -2.28. The molecule has 16 heteroatoms. The van der Waals surface area contributed by atoms with E-state index in [1.165, 1.54) is 0 Å². The molecule has 6 aromatic carbocycles. The van der Waals surface area contributed by atoms with Crippen LogP contribution in [0, 0.1) is 0 Å². The number of rotatable bonds is 20. The zero-order valence-corrected chi connectivity index (χ0v) is 38.9. The molecule has 13 nitrogen and oxygen atoms in total. The fraction of sp³-hybridized carbons (Fsp3) is 0.260. The van der Waals surface area contributed by atoms with Gasteiger partial charge in [-0.3, -0.25) is 0 Å². The second-order valence-electron chi connectivity index (χ2n) is 17.4. The molecule has 1 unspecified atom stereocenters. The van der Waals surface area contributed by atoms with Crippen molar-refractivity contribution in [2.24, 2.45) is 0 Å². The molecule has 6 aromatic rings. The van der Waals surface area contributed by atoms with E-state index < -0.39 is 108 Å². The molecule has 1 heterocycles. The van der Waals surface area contributed by atoms with Crippen LogP contribution in [0.1, 0.15) is 41.7 Å². The second kappa shape index (κ2) is 19.4. The molecule has 1 aliphatic heterocycles. The van der Waals surface area contributed by atoms with Gasteiger partial charge in [-0.25, -0.2) is 0 Å². The van der Waals surface area contributed by atoms with Crippen molar-refractivity contribution < 1.29 is 64.0 Å². The number of aliphatic hydroxyl groups excluding tert-OH is 1. The first-order valence-electron chi connectivity index (χ1n) is 22.1. The number of hydrogen-bond acceptors (Lipinski definition) is 13. The monoisotopic (exact) mass is 961 g/mol. The van der Waals surface area contributed by atoms with Gasteiger partial charge in [0, 0.05) is 0 Å². The van der Waals surface area contributed by atoms with E-state index >= 15 is 0 Å². The summed E-state index contributed by atoms with van der Waals surface area (Å²) in [6, 6.07) is 50.1. The number of hydrogen-bond donors (Lipinski definition) is 8. The van der Waals surface area contributed by atoms with E-state index in [2.05, 4.69) is 0 Å². The summed E-state index contributed by atoms with van der Waals surface area (Å²) in [7, 11) is -17.7. The first-order valence-corrected chi connectivity index (χ1v) is 28.7. The SMILES string of the molecule is [2H]CC(=O)C1(O)O[C@H](CO)[C@@H](OP(O)(O)(Cc2ccccc2)Cc2ccccc2)[C@H](OP(O)(O)(Cc2ccccc2)Cc2ccccc2)[C@@H]1OP(O)(O)(Cc1ccccc1)Cc1ccccc1. The third-order valence-electron chi connectivity index (χ3n) is 11.4. The topological polar surface area (TPSA) is 216 Å². The van der Waals surface area contributed by atoms with Crippen molar-refractivity contribution >= 4 is 27.6 Å². The fourth-order valence-electron chi connectivity index (χ4n) is 8.63. The predicted octanol–water partition coefficient (Wildman–Crippen LogP) is 7.86. The Morgan fingerprint density at radius 1 is 0.485 bits per heavy atom. The summed E-state index contributed by atoms with van der Waals surface area (Å²) >= 11 is 0. The maximum absolute atomic E-state index is 14.2. The van der Waals surface area contributed by atoms with E-state index in [-0.39, 0.29) is 0 Å². The molecule has 7 rings (SSSR count). The Bertz CT molecular complexity index is 2410. The summed E-state index contributed by atoms with van der Waals surface area (Å²) in [6.07, 6.45) is -12.3. The van der Waals surface area contributed by atoms with Crippen LogP contribution in [0.15, 0.2) is 182 Å². The van der Waals surface area contributed by atoms with Crippen molar-refractivity contribution in [1.29, 1.82) is 0 Å². The van der Waals surface area contributed by atoms with Gasteiger partial charge >= 0.3 is 388 Å². The van der Waals surface area contributed by atoms with Gasteiger partial charge in [0.2, 0.25) is 0 Å². The van der Waals surface area contributed by atoms with Gasteiger partial charge in [0.25, 0.3) is 0 Å². The van der Waals surface area contributed by atoms with Crippen LogP contribution >= 0.6 is 21.9 Å². The summed E-state index contributed by atoms with van der Waals surface area (Å²) in [5, 5.41) is 24.0. The van der Waals surface area contributed by atoms with Crippen LogP contribution in [0.2, 0.25) is 0 Å². The van der Waals surface area contributed by atoms with Gasteiger partial charge in [0.15, 0.2) is 0 Å². The molecule has 1 saturated heterocycles. The molecule has 0 aliphatic carbocycles. The Balaban J connectivity index is 1.48. The summed E-state index contributed by atoms with van der Waals surface area (Å²) < 4.78 is 34.2. The first-order chi connectivity index (χ1) is 31.7. The molecule has 0 saturated carbocycles. The number of benzene rings is 6. The van der Waals surface area contributed by atoms with Crippen LogP contribution in [0.25, 0.3) is 0 Å². The zero-order valence-electron chi connectivity index (χ0n) is 37.2. The van der Waals surface area contributed by atoms with Crippen LogP contribution in [0.5, 0.6) is 0 Å². The molecule has 0 bridgehead atoms. The van der Waals surface area contributed by atoms with Gasteiger partial charge in [-0.05, 0) is 0 Å². The standard InChI is InChI=1S/C50H59O13P3/c1-39(52)50(53)49(63-66(58,59,37-44-28-16-6-17-29-44)38-45-30-18-7-19-31-45)48(62-65(56,57,35-42-24-12-4-13-25-42)36-43-26-14-5-15-27-43)47(46(32-51)60-50)61-64(54,55,33-40-20-8-2-9-21-40)34-41-22-10-3-11-23-41/h2-31,46-49,51,53-59H,32-38H2,1H3/t46-,47-,48+,49+,50?/m1/s1/i1D. The van der Waals surface area contributed by atoms with Crippen molar-refractivity contribution in [1.82, 2.24) is 0 Å². The molecule has 0 aromatic heterocycles. The minimum absolute atomic E-state index is 0.366. The van der Waals surface area contributed by atoms with E-state index in [1.54, 1.807) is 182 Å². The third kappa shape index (κ3) is 12.5. The van der Waals surface area contributed by atoms with Crippen LogP contribution in [0.3, 0.4) is 0 Å². The molecule has 8 N–H and O–H groups in total. The number of ether oxygens (including phenoxy) is 1. The third-order valence-corrected chi connectivity index (χ3v) is 19.6. The maximum atomic E-state index is 14.2. The quantitative estimate of drug-likeness (QED) is 0.0343. The van der Waals surface area contributed by atoms with Crippen LogP contribution in [-0.2, 0) is 60.1 Å². The summed E-state index contributed by atoms with van der Waals surface area (Å²) in [5.41, 5.74) is 2.34. The molecule has 1 fully saturated rings. The predicted molar refractivity (Wildman–Crippen MR) is 257 cm³/mol. The van der Waals surface area contributed by atoms with Crippen molar-refractivity contribution in [3.63, 3.8) is 0 Å². The first kappa shape index (κ1) is 48.3.